The fraction of sp³-hybridized carbons (Fsp3) is 0.550. The molecular formula is C20H28N4O2S. The van der Waals surface area contributed by atoms with Gasteiger partial charge in [0.2, 0.25) is 11.0 Å². The molecular weight excluding hydrogens is 360 g/mol. The second kappa shape index (κ2) is 8.69. The molecule has 0 radical (unpaired) electrons. The van der Waals surface area contributed by atoms with Crippen LogP contribution in [0, 0.1) is 5.92 Å². The van der Waals surface area contributed by atoms with Crippen molar-refractivity contribution in [3.63, 3.8) is 0 Å². The lowest BCUT2D eigenvalue weighted by Crippen LogP contribution is -2.47. The zero-order valence-corrected chi connectivity index (χ0v) is 17.3. The van der Waals surface area contributed by atoms with Gasteiger partial charge in [-0.3, -0.25) is 4.79 Å². The van der Waals surface area contributed by atoms with Gasteiger partial charge in [0.25, 0.3) is 0 Å². The summed E-state index contributed by atoms with van der Waals surface area (Å²) in [7, 11) is 1.66. The standard InChI is InChI=1S/C20H28N4O2S/c1-13(2)14(3)21-19(25)17-9-6-10-24(17)20-22-18(23-27-20)12-15-7-5-8-16(11-15)26-4/h5,7-8,11,13-14,17H,6,9-10,12H2,1-4H3,(H,21,25)/t14-,17-/m0/s1. The molecule has 1 fully saturated rings. The molecule has 0 aliphatic carbocycles. The van der Waals surface area contributed by atoms with Crippen LogP contribution >= 0.6 is 11.5 Å². The molecule has 27 heavy (non-hydrogen) atoms. The molecule has 0 bridgehead atoms. The highest BCUT2D eigenvalue weighted by molar-refractivity contribution is 7.09. The summed E-state index contributed by atoms with van der Waals surface area (Å²) in [5.74, 6) is 2.13. The number of hydrogen-bond donors (Lipinski definition) is 1. The fourth-order valence-corrected chi connectivity index (χ4v) is 3.92. The number of amides is 1. The van der Waals surface area contributed by atoms with Gasteiger partial charge in [-0.05, 0) is 43.4 Å². The van der Waals surface area contributed by atoms with Crippen molar-refractivity contribution in [3.05, 3.63) is 35.7 Å². The molecule has 2 aromatic rings. The monoisotopic (exact) mass is 388 g/mol. The van der Waals surface area contributed by atoms with Crippen molar-refractivity contribution in [2.24, 2.45) is 5.92 Å². The first-order valence-electron chi connectivity index (χ1n) is 9.50. The molecule has 2 heterocycles. The Balaban J connectivity index is 1.68. The van der Waals surface area contributed by atoms with Crippen LogP contribution in [0.1, 0.15) is 45.0 Å². The number of rotatable bonds is 7. The van der Waals surface area contributed by atoms with Gasteiger partial charge < -0.3 is 15.0 Å². The van der Waals surface area contributed by atoms with Crippen molar-refractivity contribution in [1.82, 2.24) is 14.7 Å². The van der Waals surface area contributed by atoms with Crippen molar-refractivity contribution in [2.75, 3.05) is 18.6 Å². The van der Waals surface area contributed by atoms with Crippen molar-refractivity contribution in [3.8, 4) is 5.75 Å². The smallest absolute Gasteiger partial charge is 0.243 e. The van der Waals surface area contributed by atoms with E-state index in [9.17, 15) is 4.79 Å². The van der Waals surface area contributed by atoms with Gasteiger partial charge in [-0.1, -0.05) is 26.0 Å². The highest BCUT2D eigenvalue weighted by atomic mass is 32.1. The van der Waals surface area contributed by atoms with E-state index in [1.165, 1.54) is 11.5 Å². The van der Waals surface area contributed by atoms with Crippen molar-refractivity contribution < 1.29 is 9.53 Å². The second-order valence-corrected chi connectivity index (χ2v) is 8.14. The van der Waals surface area contributed by atoms with E-state index in [-0.39, 0.29) is 18.0 Å². The van der Waals surface area contributed by atoms with E-state index in [1.54, 1.807) is 7.11 Å². The summed E-state index contributed by atoms with van der Waals surface area (Å²) in [6.45, 7) is 7.14. The Hall–Kier alpha value is -2.15. The summed E-state index contributed by atoms with van der Waals surface area (Å²) in [5.41, 5.74) is 1.11. The van der Waals surface area contributed by atoms with E-state index in [1.807, 2.05) is 24.3 Å². The summed E-state index contributed by atoms with van der Waals surface area (Å²) in [6.07, 6.45) is 2.52. The number of nitrogens with one attached hydrogen (secondary N) is 1. The average molecular weight is 389 g/mol. The SMILES string of the molecule is COc1cccc(Cc2nsc(N3CCC[C@H]3C(=O)N[C@@H](C)C(C)C)n2)c1. The highest BCUT2D eigenvalue weighted by Gasteiger charge is 2.33. The quantitative estimate of drug-likeness (QED) is 0.788. The zero-order valence-electron chi connectivity index (χ0n) is 16.4. The number of aromatic nitrogens is 2. The number of hydrogen-bond acceptors (Lipinski definition) is 6. The van der Waals surface area contributed by atoms with E-state index in [4.69, 9.17) is 9.72 Å². The molecule has 0 unspecified atom stereocenters. The molecule has 0 spiro atoms. The number of ether oxygens (including phenoxy) is 1. The van der Waals surface area contributed by atoms with E-state index in [0.717, 1.165) is 41.7 Å². The third kappa shape index (κ3) is 4.77. The van der Waals surface area contributed by atoms with Crippen molar-refractivity contribution in [2.45, 2.75) is 52.1 Å². The molecule has 2 atom stereocenters. The molecule has 1 N–H and O–H groups in total. The van der Waals surface area contributed by atoms with Crippen molar-refractivity contribution in [1.29, 1.82) is 0 Å². The predicted octanol–water partition coefficient (Wildman–Crippen LogP) is 3.27. The number of benzene rings is 1. The number of nitrogens with zero attached hydrogens (tertiary/aromatic N) is 3. The van der Waals surface area contributed by atoms with Crippen LogP contribution in [0.25, 0.3) is 0 Å². The van der Waals surface area contributed by atoms with E-state index >= 15 is 0 Å². The first-order valence-corrected chi connectivity index (χ1v) is 10.3. The van der Waals surface area contributed by atoms with Crippen LogP contribution in [0.2, 0.25) is 0 Å². The maximum Gasteiger partial charge on any atom is 0.243 e. The van der Waals surface area contributed by atoms with E-state index in [2.05, 4.69) is 35.4 Å². The second-order valence-electron chi connectivity index (χ2n) is 7.41. The molecule has 1 aromatic heterocycles. The summed E-state index contributed by atoms with van der Waals surface area (Å²) >= 11 is 1.38. The maximum atomic E-state index is 12.7. The van der Waals surface area contributed by atoms with Crippen LogP contribution < -0.4 is 15.0 Å². The molecule has 3 rings (SSSR count). The third-order valence-electron chi connectivity index (χ3n) is 5.12. The lowest BCUT2D eigenvalue weighted by molar-refractivity contribution is -0.123. The largest absolute Gasteiger partial charge is 0.497 e. The Morgan fingerprint density at radius 2 is 2.22 bits per heavy atom. The number of carbonyl (C=O) groups is 1. The number of anilines is 1. The third-order valence-corrected chi connectivity index (χ3v) is 5.92. The topological polar surface area (TPSA) is 67.3 Å². The fourth-order valence-electron chi connectivity index (χ4n) is 3.15. The molecule has 1 aliphatic rings. The predicted molar refractivity (Wildman–Crippen MR) is 109 cm³/mol. The molecule has 1 amide bonds. The molecule has 1 aromatic carbocycles. The van der Waals surface area contributed by atoms with Crippen LogP contribution in [0.5, 0.6) is 5.75 Å². The summed E-state index contributed by atoms with van der Waals surface area (Å²) in [5, 5.41) is 3.98. The average Bonchev–Trinajstić information content (AvgIpc) is 3.30. The van der Waals surface area contributed by atoms with Crippen LogP contribution in [0.4, 0.5) is 5.13 Å². The van der Waals surface area contributed by atoms with Crippen LogP contribution in [-0.4, -0.2) is 41.0 Å². The molecule has 146 valence electrons. The summed E-state index contributed by atoms with van der Waals surface area (Å²) in [4.78, 5) is 19.5. The molecule has 7 heteroatoms. The summed E-state index contributed by atoms with van der Waals surface area (Å²) < 4.78 is 9.79. The Labute approximate surface area is 165 Å². The Morgan fingerprint density at radius 1 is 1.41 bits per heavy atom. The van der Waals surface area contributed by atoms with Crippen molar-refractivity contribution >= 4 is 22.6 Å². The Morgan fingerprint density at radius 3 is 2.96 bits per heavy atom. The van der Waals surface area contributed by atoms with Gasteiger partial charge >= 0.3 is 0 Å². The first kappa shape index (κ1) is 19.6. The van der Waals surface area contributed by atoms with Gasteiger partial charge in [0.1, 0.15) is 17.6 Å². The van der Waals surface area contributed by atoms with E-state index < -0.39 is 0 Å². The molecule has 1 saturated heterocycles. The summed E-state index contributed by atoms with van der Waals surface area (Å²) in [6, 6.07) is 7.96. The molecule has 0 saturated carbocycles. The lowest BCUT2D eigenvalue weighted by atomic mass is 10.1. The minimum atomic E-state index is -0.149. The van der Waals surface area contributed by atoms with Gasteiger partial charge in [-0.15, -0.1) is 0 Å². The number of methoxy groups -OCH3 is 1. The van der Waals surface area contributed by atoms with Gasteiger partial charge in [0, 0.05) is 30.5 Å². The van der Waals surface area contributed by atoms with Crippen LogP contribution in [0.3, 0.4) is 0 Å². The van der Waals surface area contributed by atoms with Gasteiger partial charge in [-0.2, -0.15) is 4.37 Å². The first-order chi connectivity index (χ1) is 13.0. The molecule has 1 aliphatic heterocycles. The van der Waals surface area contributed by atoms with Crippen LogP contribution in [0.15, 0.2) is 24.3 Å². The zero-order chi connectivity index (χ0) is 19.4. The van der Waals surface area contributed by atoms with Crippen LogP contribution in [-0.2, 0) is 11.2 Å². The highest BCUT2D eigenvalue weighted by Crippen LogP contribution is 2.28. The van der Waals surface area contributed by atoms with Gasteiger partial charge in [-0.25, -0.2) is 4.98 Å². The maximum absolute atomic E-state index is 12.7. The van der Waals surface area contributed by atoms with E-state index in [0.29, 0.717) is 12.3 Å². The Bertz CT molecular complexity index is 777. The van der Waals surface area contributed by atoms with Gasteiger partial charge in [0.05, 0.1) is 7.11 Å². The van der Waals surface area contributed by atoms with Gasteiger partial charge in [0.15, 0.2) is 0 Å². The minimum absolute atomic E-state index is 0.0956. The number of carbonyl (C=O) groups excluding carboxylic acids is 1. The normalized spacial score (nSPS) is 18.0. The lowest BCUT2D eigenvalue weighted by Gasteiger charge is -2.25. The Kier molecular flexibility index (Phi) is 6.31. The minimum Gasteiger partial charge on any atom is -0.497 e. The molecule has 6 nitrogen and oxygen atoms in total.